The highest BCUT2D eigenvalue weighted by atomic mass is 32.1. The normalized spacial score (nSPS) is 11.1. The number of hydrogen-bond acceptors (Lipinski definition) is 2. The largest absolute Gasteiger partial charge is 0.419 e. The van der Waals surface area contributed by atoms with Crippen molar-refractivity contribution < 1.29 is 22.4 Å². The van der Waals surface area contributed by atoms with Crippen LogP contribution in [0.25, 0.3) is 0 Å². The number of carbonyl (C=O) groups excluding carboxylic acids is 1. The van der Waals surface area contributed by atoms with Crippen LogP contribution in [0.3, 0.4) is 0 Å². The Bertz CT molecular complexity index is 487. The summed E-state index contributed by atoms with van der Waals surface area (Å²) in [6.45, 7) is -0.146. The number of nitrogens with one attached hydrogen (secondary N) is 1. The van der Waals surface area contributed by atoms with Gasteiger partial charge in [-0.15, -0.1) is 0 Å². The molecule has 8 heteroatoms. The molecule has 0 saturated carbocycles. The molecule has 0 heterocycles. The van der Waals surface area contributed by atoms with Crippen LogP contribution in [-0.4, -0.2) is 17.4 Å². The van der Waals surface area contributed by atoms with E-state index >= 15 is 0 Å². The fourth-order valence-corrected chi connectivity index (χ4v) is 1.23. The van der Waals surface area contributed by atoms with Gasteiger partial charge in [0.25, 0.3) is 5.91 Å². The topological polar surface area (TPSA) is 55.1 Å². The van der Waals surface area contributed by atoms with E-state index in [1.165, 1.54) is 0 Å². The van der Waals surface area contributed by atoms with Crippen molar-refractivity contribution in [2.75, 3.05) is 6.54 Å². The predicted octanol–water partition coefficient (Wildman–Crippen LogP) is 1.86. The van der Waals surface area contributed by atoms with E-state index in [1.54, 1.807) is 0 Å². The summed E-state index contributed by atoms with van der Waals surface area (Å²) in [6, 6.07) is 1.96. The molecule has 0 fully saturated rings. The van der Waals surface area contributed by atoms with Crippen molar-refractivity contribution in [3.05, 3.63) is 35.1 Å². The van der Waals surface area contributed by atoms with Crippen LogP contribution >= 0.6 is 12.2 Å². The standard InChI is InChI=1S/C10H8F4N2OS/c11-7-2-1-5(3-6(7)10(12,13)14)9(17)16-4-8(15)18/h1-3H,4H2,(H2,15,18)(H,16,17). The van der Waals surface area contributed by atoms with E-state index in [-0.39, 0.29) is 17.1 Å². The average Bonchev–Trinajstić information content (AvgIpc) is 2.24. The lowest BCUT2D eigenvalue weighted by molar-refractivity contribution is -0.140. The van der Waals surface area contributed by atoms with Gasteiger partial charge in [-0.3, -0.25) is 4.79 Å². The highest BCUT2D eigenvalue weighted by Gasteiger charge is 2.34. The molecule has 0 aliphatic carbocycles. The summed E-state index contributed by atoms with van der Waals surface area (Å²) in [5, 5.41) is 2.20. The summed E-state index contributed by atoms with van der Waals surface area (Å²) in [6.07, 6.45) is -4.86. The van der Waals surface area contributed by atoms with E-state index < -0.39 is 23.5 Å². The molecule has 0 aliphatic rings. The van der Waals surface area contributed by atoms with Crippen molar-refractivity contribution in [1.82, 2.24) is 5.32 Å². The van der Waals surface area contributed by atoms with Gasteiger partial charge in [0, 0.05) is 5.56 Å². The van der Waals surface area contributed by atoms with Crippen LogP contribution < -0.4 is 11.1 Å². The Balaban J connectivity index is 2.98. The van der Waals surface area contributed by atoms with Gasteiger partial charge in [0.2, 0.25) is 0 Å². The highest BCUT2D eigenvalue weighted by Crippen LogP contribution is 2.31. The maximum atomic E-state index is 13.0. The number of thiocarbonyl (C=S) groups is 1. The van der Waals surface area contributed by atoms with Gasteiger partial charge in [-0.2, -0.15) is 13.2 Å². The van der Waals surface area contributed by atoms with E-state index in [9.17, 15) is 22.4 Å². The third-order valence-electron chi connectivity index (χ3n) is 1.96. The van der Waals surface area contributed by atoms with Crippen LogP contribution in [0.2, 0.25) is 0 Å². The fourth-order valence-electron chi connectivity index (χ4n) is 1.15. The lowest BCUT2D eigenvalue weighted by Gasteiger charge is -2.10. The molecule has 0 radical (unpaired) electrons. The van der Waals surface area contributed by atoms with Crippen LogP contribution in [0.1, 0.15) is 15.9 Å². The summed E-state index contributed by atoms with van der Waals surface area (Å²) in [5.41, 5.74) is 3.30. The Morgan fingerprint density at radius 2 is 2.00 bits per heavy atom. The zero-order chi connectivity index (χ0) is 13.9. The van der Waals surface area contributed by atoms with Gasteiger partial charge in [0.15, 0.2) is 0 Å². The van der Waals surface area contributed by atoms with Crippen molar-refractivity contribution in [3.63, 3.8) is 0 Å². The number of amides is 1. The Kier molecular flexibility index (Phi) is 4.23. The second-order valence-electron chi connectivity index (χ2n) is 3.34. The molecule has 98 valence electrons. The molecule has 0 aliphatic heterocycles. The smallest absolute Gasteiger partial charge is 0.392 e. The first-order valence-electron chi connectivity index (χ1n) is 4.65. The zero-order valence-electron chi connectivity index (χ0n) is 8.84. The summed E-state index contributed by atoms with van der Waals surface area (Å²) in [5.74, 6) is -2.25. The zero-order valence-corrected chi connectivity index (χ0v) is 9.66. The third kappa shape index (κ3) is 3.66. The minimum absolute atomic E-state index is 0.0125. The molecule has 0 unspecified atom stereocenters. The summed E-state index contributed by atoms with van der Waals surface area (Å²) in [4.78, 5) is 11.4. The third-order valence-corrected chi connectivity index (χ3v) is 2.10. The molecule has 0 saturated heterocycles. The van der Waals surface area contributed by atoms with E-state index in [4.69, 9.17) is 5.73 Å². The molecule has 1 aromatic carbocycles. The quantitative estimate of drug-likeness (QED) is 0.656. The van der Waals surface area contributed by atoms with Gasteiger partial charge in [0.05, 0.1) is 17.1 Å². The Hall–Kier alpha value is -1.70. The van der Waals surface area contributed by atoms with Crippen molar-refractivity contribution in [2.24, 2.45) is 5.73 Å². The lowest BCUT2D eigenvalue weighted by atomic mass is 10.1. The van der Waals surface area contributed by atoms with Crippen molar-refractivity contribution >= 4 is 23.1 Å². The SMILES string of the molecule is NC(=S)CNC(=O)c1ccc(F)c(C(F)(F)F)c1. The molecule has 3 N–H and O–H groups in total. The molecular weight excluding hydrogens is 272 g/mol. The summed E-state index contributed by atoms with van der Waals surface area (Å²) >= 11 is 4.49. The van der Waals surface area contributed by atoms with E-state index in [2.05, 4.69) is 17.5 Å². The molecule has 0 spiro atoms. The molecule has 18 heavy (non-hydrogen) atoms. The van der Waals surface area contributed by atoms with Gasteiger partial charge in [0.1, 0.15) is 5.82 Å². The van der Waals surface area contributed by atoms with Gasteiger partial charge in [-0.25, -0.2) is 4.39 Å². The molecule has 0 atom stereocenters. The Labute approximate surface area is 105 Å². The number of rotatable bonds is 3. The minimum atomic E-state index is -4.86. The summed E-state index contributed by atoms with van der Waals surface area (Å²) in [7, 11) is 0. The van der Waals surface area contributed by atoms with Gasteiger partial charge in [-0.1, -0.05) is 12.2 Å². The number of alkyl halides is 3. The monoisotopic (exact) mass is 280 g/mol. The average molecular weight is 280 g/mol. The molecule has 0 aromatic heterocycles. The minimum Gasteiger partial charge on any atom is -0.392 e. The van der Waals surface area contributed by atoms with Crippen molar-refractivity contribution in [2.45, 2.75) is 6.18 Å². The van der Waals surface area contributed by atoms with Crippen molar-refractivity contribution in [3.8, 4) is 0 Å². The predicted molar refractivity (Wildman–Crippen MR) is 60.5 cm³/mol. The molecular formula is C10H8F4N2OS. The first-order chi connectivity index (χ1) is 8.21. The Morgan fingerprint density at radius 1 is 1.39 bits per heavy atom. The van der Waals surface area contributed by atoms with Crippen LogP contribution in [0.15, 0.2) is 18.2 Å². The number of hydrogen-bond donors (Lipinski definition) is 2. The first kappa shape index (κ1) is 14.4. The van der Waals surface area contributed by atoms with E-state index in [1.807, 2.05) is 0 Å². The van der Waals surface area contributed by atoms with Crippen LogP contribution in [-0.2, 0) is 6.18 Å². The molecule has 1 aromatic rings. The van der Waals surface area contributed by atoms with Crippen LogP contribution in [0, 0.1) is 5.82 Å². The summed E-state index contributed by atoms with van der Waals surface area (Å²) < 4.78 is 50.1. The maximum Gasteiger partial charge on any atom is 0.419 e. The van der Waals surface area contributed by atoms with E-state index in [0.29, 0.717) is 12.1 Å². The number of benzene rings is 1. The molecule has 3 nitrogen and oxygen atoms in total. The first-order valence-corrected chi connectivity index (χ1v) is 5.06. The lowest BCUT2D eigenvalue weighted by Crippen LogP contribution is -2.32. The van der Waals surface area contributed by atoms with Gasteiger partial charge in [-0.05, 0) is 18.2 Å². The van der Waals surface area contributed by atoms with Crippen molar-refractivity contribution in [1.29, 1.82) is 0 Å². The second-order valence-corrected chi connectivity index (χ2v) is 3.87. The van der Waals surface area contributed by atoms with E-state index in [0.717, 1.165) is 6.07 Å². The molecule has 1 rings (SSSR count). The highest BCUT2D eigenvalue weighted by molar-refractivity contribution is 7.80. The van der Waals surface area contributed by atoms with Gasteiger partial charge < -0.3 is 11.1 Å². The number of carbonyl (C=O) groups is 1. The second kappa shape index (κ2) is 5.30. The maximum absolute atomic E-state index is 13.0. The molecule has 0 bridgehead atoms. The Morgan fingerprint density at radius 3 is 2.50 bits per heavy atom. The van der Waals surface area contributed by atoms with Crippen LogP contribution in [0.5, 0.6) is 0 Å². The van der Waals surface area contributed by atoms with Crippen LogP contribution in [0.4, 0.5) is 17.6 Å². The number of halogens is 4. The fraction of sp³-hybridized carbons (Fsp3) is 0.200. The number of nitrogens with two attached hydrogens (primary N) is 1. The molecule has 1 amide bonds. The van der Waals surface area contributed by atoms with Gasteiger partial charge >= 0.3 is 6.18 Å².